The van der Waals surface area contributed by atoms with E-state index in [1.807, 2.05) is 0 Å². The Morgan fingerprint density at radius 1 is 1.22 bits per heavy atom. The summed E-state index contributed by atoms with van der Waals surface area (Å²) in [5.74, 6) is 0.452. The van der Waals surface area contributed by atoms with E-state index in [0.717, 1.165) is 30.2 Å². The van der Waals surface area contributed by atoms with Gasteiger partial charge in [0.05, 0.1) is 0 Å². The van der Waals surface area contributed by atoms with E-state index in [4.69, 9.17) is 0 Å². The minimum Gasteiger partial charge on any atom is -0.364 e. The second-order valence-corrected chi connectivity index (χ2v) is 6.44. The summed E-state index contributed by atoms with van der Waals surface area (Å²) in [4.78, 5) is 14.3. The lowest BCUT2D eigenvalue weighted by atomic mass is 9.83. The number of aryl methyl sites for hydroxylation is 1. The van der Waals surface area contributed by atoms with E-state index in [1.165, 1.54) is 17.7 Å². The topological polar surface area (TPSA) is 20.3 Å². The Hall–Kier alpha value is -0.830. The van der Waals surface area contributed by atoms with Crippen molar-refractivity contribution in [2.24, 2.45) is 0 Å². The van der Waals surface area contributed by atoms with Crippen molar-refractivity contribution < 1.29 is 4.79 Å². The van der Waals surface area contributed by atoms with E-state index in [0.29, 0.717) is 17.9 Å². The van der Waals surface area contributed by atoms with Gasteiger partial charge >= 0.3 is 0 Å². The average molecular weight is 308 g/mol. The Morgan fingerprint density at radius 2 is 1.89 bits per heavy atom. The molecule has 2 aliphatic heterocycles. The molecule has 1 aromatic rings. The maximum absolute atomic E-state index is 11.8. The fourth-order valence-electron chi connectivity index (χ4n) is 3.43. The number of carbonyl (C=O) groups is 1. The van der Waals surface area contributed by atoms with Crippen molar-refractivity contribution in [3.05, 3.63) is 28.2 Å². The summed E-state index contributed by atoms with van der Waals surface area (Å²) >= 11 is 3.56. The molecule has 0 aliphatic carbocycles. The molecule has 3 heteroatoms. The summed E-state index contributed by atoms with van der Waals surface area (Å²) in [6, 6.07) is 7.31. The Bertz CT molecular complexity index is 469. The zero-order valence-corrected chi connectivity index (χ0v) is 12.2. The van der Waals surface area contributed by atoms with Gasteiger partial charge in [0, 0.05) is 35.1 Å². The van der Waals surface area contributed by atoms with Gasteiger partial charge in [-0.05, 0) is 43.9 Å². The largest absolute Gasteiger partial charge is 0.364 e. The van der Waals surface area contributed by atoms with E-state index in [1.54, 1.807) is 0 Å². The minimum absolute atomic E-state index is 0.429. The highest BCUT2D eigenvalue weighted by Crippen LogP contribution is 2.38. The lowest BCUT2D eigenvalue weighted by Gasteiger charge is -2.47. The summed E-state index contributed by atoms with van der Waals surface area (Å²) in [5, 5.41) is 0. The molecular weight excluding hydrogens is 290 g/mol. The zero-order chi connectivity index (χ0) is 12.7. The van der Waals surface area contributed by atoms with Crippen LogP contribution in [0.4, 0.5) is 5.69 Å². The van der Waals surface area contributed by atoms with Crippen LogP contribution in [-0.2, 0) is 4.79 Å². The number of benzene rings is 1. The summed E-state index contributed by atoms with van der Waals surface area (Å²) in [6.45, 7) is 2.16. The van der Waals surface area contributed by atoms with E-state index in [2.05, 4.69) is 46.0 Å². The van der Waals surface area contributed by atoms with Gasteiger partial charge in [0.15, 0.2) is 0 Å². The molecule has 2 heterocycles. The summed E-state index contributed by atoms with van der Waals surface area (Å²) in [6.07, 6.45) is 5.07. The quantitative estimate of drug-likeness (QED) is 0.785. The molecule has 0 saturated carbocycles. The molecule has 2 bridgehead atoms. The molecule has 18 heavy (non-hydrogen) atoms. The second-order valence-electron chi connectivity index (χ2n) is 5.52. The average Bonchev–Trinajstić information content (AvgIpc) is 2.31. The van der Waals surface area contributed by atoms with Crippen LogP contribution in [0.25, 0.3) is 0 Å². The number of rotatable bonds is 1. The SMILES string of the molecule is Cc1ccc(Br)cc1N1C2CCCC1CC(=O)C2. The number of ketones is 1. The summed E-state index contributed by atoms with van der Waals surface area (Å²) in [5.41, 5.74) is 2.62. The van der Waals surface area contributed by atoms with Crippen LogP contribution in [0.5, 0.6) is 0 Å². The van der Waals surface area contributed by atoms with Crippen LogP contribution >= 0.6 is 15.9 Å². The third-order valence-corrected chi connectivity index (χ3v) is 4.73. The molecule has 2 aliphatic rings. The Labute approximate surface area is 116 Å². The number of fused-ring (bicyclic) bond motifs is 2. The predicted molar refractivity (Wildman–Crippen MR) is 77.0 cm³/mol. The molecule has 1 aromatic carbocycles. The third-order valence-electron chi connectivity index (χ3n) is 4.24. The molecule has 2 unspecified atom stereocenters. The van der Waals surface area contributed by atoms with Crippen molar-refractivity contribution in [3.8, 4) is 0 Å². The van der Waals surface area contributed by atoms with E-state index >= 15 is 0 Å². The lowest BCUT2D eigenvalue weighted by Crippen LogP contribution is -2.52. The van der Waals surface area contributed by atoms with Crippen LogP contribution < -0.4 is 4.90 Å². The number of hydrogen-bond acceptors (Lipinski definition) is 2. The van der Waals surface area contributed by atoms with Crippen LogP contribution in [-0.4, -0.2) is 17.9 Å². The lowest BCUT2D eigenvalue weighted by molar-refractivity contribution is -0.121. The molecule has 2 nitrogen and oxygen atoms in total. The number of Topliss-reactive ketones (excluding diaryl/α,β-unsaturated/α-hetero) is 1. The van der Waals surface area contributed by atoms with Crippen LogP contribution in [0, 0.1) is 6.92 Å². The Morgan fingerprint density at radius 3 is 2.56 bits per heavy atom. The van der Waals surface area contributed by atoms with Gasteiger partial charge in [-0.1, -0.05) is 22.0 Å². The fraction of sp³-hybridized carbons (Fsp3) is 0.533. The standard InChI is InChI=1S/C15H18BrNO/c1-10-5-6-11(16)7-15(10)17-12-3-2-4-13(17)9-14(18)8-12/h5-7,12-13H,2-4,8-9H2,1H3. The van der Waals surface area contributed by atoms with Gasteiger partial charge in [-0.25, -0.2) is 0 Å². The Balaban J connectivity index is 2.00. The number of nitrogens with zero attached hydrogens (tertiary/aromatic N) is 1. The van der Waals surface area contributed by atoms with Crippen molar-refractivity contribution >= 4 is 27.4 Å². The van der Waals surface area contributed by atoms with Crippen molar-refractivity contribution in [2.45, 2.75) is 51.1 Å². The first-order valence-electron chi connectivity index (χ1n) is 6.71. The number of anilines is 1. The maximum atomic E-state index is 11.8. The second kappa shape index (κ2) is 4.69. The smallest absolute Gasteiger partial charge is 0.137 e. The van der Waals surface area contributed by atoms with E-state index in [-0.39, 0.29) is 0 Å². The van der Waals surface area contributed by atoms with Gasteiger partial charge in [-0.2, -0.15) is 0 Å². The highest BCUT2D eigenvalue weighted by molar-refractivity contribution is 9.10. The monoisotopic (exact) mass is 307 g/mol. The van der Waals surface area contributed by atoms with Gasteiger partial charge in [-0.3, -0.25) is 4.79 Å². The molecule has 0 aromatic heterocycles. The molecule has 0 N–H and O–H groups in total. The molecule has 0 spiro atoms. The highest BCUT2D eigenvalue weighted by atomic mass is 79.9. The number of carbonyl (C=O) groups excluding carboxylic acids is 1. The zero-order valence-electron chi connectivity index (χ0n) is 10.7. The molecule has 0 amide bonds. The van der Waals surface area contributed by atoms with Gasteiger partial charge in [-0.15, -0.1) is 0 Å². The minimum atomic E-state index is 0.429. The van der Waals surface area contributed by atoms with Crippen LogP contribution in [0.15, 0.2) is 22.7 Å². The van der Waals surface area contributed by atoms with Gasteiger partial charge < -0.3 is 4.90 Å². The molecule has 2 saturated heterocycles. The first-order valence-corrected chi connectivity index (χ1v) is 7.50. The fourth-order valence-corrected chi connectivity index (χ4v) is 3.78. The van der Waals surface area contributed by atoms with Crippen LogP contribution in [0.3, 0.4) is 0 Å². The molecule has 2 fully saturated rings. The van der Waals surface area contributed by atoms with Gasteiger partial charge in [0.2, 0.25) is 0 Å². The number of piperidine rings is 2. The molecule has 2 atom stereocenters. The van der Waals surface area contributed by atoms with Crippen molar-refractivity contribution in [2.75, 3.05) is 4.90 Å². The first kappa shape index (κ1) is 12.2. The normalized spacial score (nSPS) is 27.4. The van der Waals surface area contributed by atoms with Crippen LogP contribution in [0.2, 0.25) is 0 Å². The maximum Gasteiger partial charge on any atom is 0.137 e. The first-order chi connectivity index (χ1) is 8.65. The molecule has 0 radical (unpaired) electrons. The highest BCUT2D eigenvalue weighted by Gasteiger charge is 2.37. The van der Waals surface area contributed by atoms with Crippen molar-refractivity contribution in [1.82, 2.24) is 0 Å². The summed E-state index contributed by atoms with van der Waals surface area (Å²) in [7, 11) is 0. The van der Waals surface area contributed by atoms with E-state index < -0.39 is 0 Å². The molecule has 3 rings (SSSR count). The number of halogens is 1. The van der Waals surface area contributed by atoms with Crippen LogP contribution in [0.1, 0.15) is 37.7 Å². The van der Waals surface area contributed by atoms with E-state index in [9.17, 15) is 4.79 Å². The predicted octanol–water partition coefficient (Wildman–Crippen LogP) is 3.85. The van der Waals surface area contributed by atoms with Gasteiger partial charge in [0.1, 0.15) is 5.78 Å². The Kier molecular flexibility index (Phi) is 3.18. The number of hydrogen-bond donors (Lipinski definition) is 0. The van der Waals surface area contributed by atoms with Crippen molar-refractivity contribution in [1.29, 1.82) is 0 Å². The summed E-state index contributed by atoms with van der Waals surface area (Å²) < 4.78 is 1.12. The molecule has 96 valence electrons. The molecular formula is C15H18BrNO. The third kappa shape index (κ3) is 2.09. The van der Waals surface area contributed by atoms with Crippen molar-refractivity contribution in [3.63, 3.8) is 0 Å². The van der Waals surface area contributed by atoms with Gasteiger partial charge in [0.25, 0.3) is 0 Å².